The van der Waals surface area contributed by atoms with Crippen molar-refractivity contribution in [3.8, 4) is 17.2 Å². The molecule has 0 saturated carbocycles. The molecule has 1 aliphatic heterocycles. The summed E-state index contributed by atoms with van der Waals surface area (Å²) < 4.78 is 17.1. The first-order valence-corrected chi connectivity index (χ1v) is 8.88. The van der Waals surface area contributed by atoms with Crippen molar-refractivity contribution in [2.75, 3.05) is 33.4 Å². The first-order chi connectivity index (χ1) is 12.1. The molecule has 1 atom stereocenters. The minimum atomic E-state index is -0.173. The molecule has 1 saturated heterocycles. The monoisotopic (exact) mass is 361 g/mol. The van der Waals surface area contributed by atoms with E-state index in [2.05, 4.69) is 11.8 Å². The van der Waals surface area contributed by atoms with E-state index in [1.165, 1.54) is 0 Å². The van der Waals surface area contributed by atoms with Crippen molar-refractivity contribution in [1.29, 1.82) is 0 Å². The number of methoxy groups -OCH3 is 1. The smallest absolute Gasteiger partial charge is 0.120 e. The summed E-state index contributed by atoms with van der Waals surface area (Å²) in [6.45, 7) is 5.60. The minimum absolute atomic E-state index is 0.173. The van der Waals surface area contributed by atoms with Crippen molar-refractivity contribution in [2.24, 2.45) is 0 Å². The molecule has 2 aromatic carbocycles. The number of ether oxygens (including phenoxy) is 3. The number of nitrogens with zero attached hydrogens (tertiary/aromatic N) is 1. The van der Waals surface area contributed by atoms with E-state index in [9.17, 15) is 0 Å². The summed E-state index contributed by atoms with van der Waals surface area (Å²) in [7, 11) is 1.66. The van der Waals surface area contributed by atoms with Crippen LogP contribution in [0.15, 0.2) is 48.5 Å². The zero-order chi connectivity index (χ0) is 17.7. The first-order valence-electron chi connectivity index (χ1n) is 8.50. The van der Waals surface area contributed by atoms with Gasteiger partial charge in [0, 0.05) is 31.1 Å². The molecular formula is C20H24ClNO3. The minimum Gasteiger partial charge on any atom is -0.497 e. The van der Waals surface area contributed by atoms with Gasteiger partial charge in [0.25, 0.3) is 0 Å². The van der Waals surface area contributed by atoms with Gasteiger partial charge in [0.1, 0.15) is 29.5 Å². The lowest BCUT2D eigenvalue weighted by Gasteiger charge is -2.26. The number of benzene rings is 2. The summed E-state index contributed by atoms with van der Waals surface area (Å²) in [5, 5.41) is 0.723. The van der Waals surface area contributed by atoms with Gasteiger partial charge in [-0.3, -0.25) is 4.90 Å². The Morgan fingerprint density at radius 3 is 2.32 bits per heavy atom. The highest BCUT2D eigenvalue weighted by Crippen LogP contribution is 2.28. The Morgan fingerprint density at radius 1 is 1.00 bits per heavy atom. The fourth-order valence-corrected chi connectivity index (χ4v) is 3.18. The van der Waals surface area contributed by atoms with Crippen LogP contribution in [0.3, 0.4) is 0 Å². The maximum Gasteiger partial charge on any atom is 0.120 e. The molecule has 0 spiro atoms. The molecule has 1 heterocycles. The Hall–Kier alpha value is -1.91. The molecule has 1 aliphatic rings. The number of hydrogen-bond acceptors (Lipinski definition) is 4. The quantitative estimate of drug-likeness (QED) is 0.736. The highest BCUT2D eigenvalue weighted by molar-refractivity contribution is 6.30. The predicted octanol–water partition coefficient (Wildman–Crippen LogP) is 4.27. The maximum absolute atomic E-state index is 6.18. The van der Waals surface area contributed by atoms with Gasteiger partial charge in [-0.15, -0.1) is 0 Å². The Kier molecular flexibility index (Phi) is 5.71. The summed E-state index contributed by atoms with van der Waals surface area (Å²) in [5.74, 6) is 2.56. The molecule has 0 bridgehead atoms. The van der Waals surface area contributed by atoms with Gasteiger partial charge in [-0.05, 0) is 55.5 Å². The van der Waals surface area contributed by atoms with Gasteiger partial charge >= 0.3 is 0 Å². The lowest BCUT2D eigenvalue weighted by atomic mass is 10.1. The third-order valence-electron chi connectivity index (χ3n) is 4.43. The van der Waals surface area contributed by atoms with Gasteiger partial charge in [-0.25, -0.2) is 0 Å². The van der Waals surface area contributed by atoms with Crippen LogP contribution in [0, 0.1) is 0 Å². The van der Waals surface area contributed by atoms with Crippen molar-refractivity contribution in [3.05, 3.63) is 53.6 Å². The lowest BCUT2D eigenvalue weighted by molar-refractivity contribution is 0.0935. The van der Waals surface area contributed by atoms with E-state index in [4.69, 9.17) is 25.8 Å². The molecule has 1 fully saturated rings. The summed E-state index contributed by atoms with van der Waals surface area (Å²) in [4.78, 5) is 2.37. The Bertz CT molecular complexity index is 674. The molecule has 4 nitrogen and oxygen atoms in total. The van der Waals surface area contributed by atoms with Crippen LogP contribution in [0.4, 0.5) is 0 Å². The van der Waals surface area contributed by atoms with Crippen LogP contribution in [0.25, 0.3) is 0 Å². The SMILES string of the molecule is COc1ccc(OCCN2CCC(C)(Oc3ccc(Cl)cc3)C2)cc1. The van der Waals surface area contributed by atoms with E-state index in [0.29, 0.717) is 6.61 Å². The number of hydrogen-bond donors (Lipinski definition) is 0. The molecule has 0 amide bonds. The zero-order valence-corrected chi connectivity index (χ0v) is 15.5. The number of halogens is 1. The molecule has 0 radical (unpaired) electrons. The van der Waals surface area contributed by atoms with Crippen molar-refractivity contribution in [3.63, 3.8) is 0 Å². The average molecular weight is 362 g/mol. The van der Waals surface area contributed by atoms with Gasteiger partial charge in [0.15, 0.2) is 0 Å². The Morgan fingerprint density at radius 2 is 1.64 bits per heavy atom. The topological polar surface area (TPSA) is 30.9 Å². The van der Waals surface area contributed by atoms with Crippen LogP contribution in [0.5, 0.6) is 17.2 Å². The molecule has 3 rings (SSSR count). The molecule has 0 aliphatic carbocycles. The summed E-state index contributed by atoms with van der Waals surface area (Å²) >= 11 is 5.93. The third-order valence-corrected chi connectivity index (χ3v) is 4.68. The van der Waals surface area contributed by atoms with Gasteiger partial charge < -0.3 is 14.2 Å². The van der Waals surface area contributed by atoms with Crippen molar-refractivity contribution < 1.29 is 14.2 Å². The molecule has 1 unspecified atom stereocenters. The van der Waals surface area contributed by atoms with E-state index >= 15 is 0 Å². The second-order valence-corrected chi connectivity index (χ2v) is 6.99. The van der Waals surface area contributed by atoms with Crippen LogP contribution < -0.4 is 14.2 Å². The van der Waals surface area contributed by atoms with Crippen LogP contribution in [0.1, 0.15) is 13.3 Å². The number of likely N-dealkylation sites (tertiary alicyclic amines) is 1. The average Bonchev–Trinajstić information content (AvgIpc) is 2.98. The molecule has 5 heteroatoms. The van der Waals surface area contributed by atoms with Gasteiger partial charge in [0.2, 0.25) is 0 Å². The molecule has 2 aromatic rings. The van der Waals surface area contributed by atoms with Crippen molar-refractivity contribution in [2.45, 2.75) is 18.9 Å². The van der Waals surface area contributed by atoms with E-state index in [1.807, 2.05) is 48.5 Å². The highest BCUT2D eigenvalue weighted by Gasteiger charge is 2.35. The van der Waals surface area contributed by atoms with Crippen LogP contribution in [-0.4, -0.2) is 43.9 Å². The van der Waals surface area contributed by atoms with Crippen molar-refractivity contribution in [1.82, 2.24) is 4.90 Å². The number of rotatable bonds is 7. The van der Waals surface area contributed by atoms with Crippen molar-refractivity contribution >= 4 is 11.6 Å². The van der Waals surface area contributed by atoms with E-state index < -0.39 is 0 Å². The summed E-state index contributed by atoms with van der Waals surface area (Å²) in [6.07, 6.45) is 0.998. The van der Waals surface area contributed by atoms with E-state index in [1.54, 1.807) is 7.11 Å². The van der Waals surface area contributed by atoms with E-state index in [0.717, 1.165) is 48.3 Å². The summed E-state index contributed by atoms with van der Waals surface area (Å²) in [5.41, 5.74) is -0.173. The molecule has 134 valence electrons. The largest absolute Gasteiger partial charge is 0.497 e. The maximum atomic E-state index is 6.18. The zero-order valence-electron chi connectivity index (χ0n) is 14.7. The first kappa shape index (κ1) is 17.9. The third kappa shape index (κ3) is 5.03. The Balaban J connectivity index is 1.44. The standard InChI is InChI=1S/C20H24ClNO3/c1-20(25-19-5-3-16(21)4-6-19)11-12-22(15-20)13-14-24-18-9-7-17(23-2)8-10-18/h3-10H,11-15H2,1-2H3. The predicted molar refractivity (Wildman–Crippen MR) is 100 cm³/mol. The van der Waals surface area contributed by atoms with Crippen LogP contribution in [-0.2, 0) is 0 Å². The molecular weight excluding hydrogens is 338 g/mol. The highest BCUT2D eigenvalue weighted by atomic mass is 35.5. The van der Waals surface area contributed by atoms with Gasteiger partial charge in [-0.1, -0.05) is 11.6 Å². The van der Waals surface area contributed by atoms with E-state index in [-0.39, 0.29) is 5.60 Å². The van der Waals surface area contributed by atoms with Gasteiger partial charge in [-0.2, -0.15) is 0 Å². The Labute approximate surface area is 154 Å². The molecule has 0 N–H and O–H groups in total. The second kappa shape index (κ2) is 7.98. The fourth-order valence-electron chi connectivity index (χ4n) is 3.05. The normalized spacial score (nSPS) is 20.4. The van der Waals surface area contributed by atoms with Crippen LogP contribution in [0.2, 0.25) is 5.02 Å². The summed E-state index contributed by atoms with van der Waals surface area (Å²) in [6, 6.07) is 15.2. The van der Waals surface area contributed by atoms with Crippen LogP contribution >= 0.6 is 11.6 Å². The van der Waals surface area contributed by atoms with Gasteiger partial charge in [0.05, 0.1) is 7.11 Å². The molecule has 0 aromatic heterocycles. The fraction of sp³-hybridized carbons (Fsp3) is 0.400. The molecule has 25 heavy (non-hydrogen) atoms. The lowest BCUT2D eigenvalue weighted by Crippen LogP contribution is -2.37. The second-order valence-electron chi connectivity index (χ2n) is 6.56.